The number of amides is 1. The fraction of sp³-hybridized carbons (Fsp3) is 0.368. The van der Waals surface area contributed by atoms with E-state index >= 15 is 0 Å². The van der Waals surface area contributed by atoms with Crippen LogP contribution in [0.15, 0.2) is 41.8 Å². The number of nitrogens with one attached hydrogen (secondary N) is 1. The molecule has 4 nitrogen and oxygen atoms in total. The van der Waals surface area contributed by atoms with Gasteiger partial charge in [-0.15, -0.1) is 11.3 Å². The van der Waals surface area contributed by atoms with Crippen molar-refractivity contribution in [2.24, 2.45) is 0 Å². The van der Waals surface area contributed by atoms with Crippen LogP contribution in [0.5, 0.6) is 0 Å². The van der Waals surface area contributed by atoms with E-state index < -0.39 is 0 Å². The number of carbonyl (C=O) groups is 2. The van der Waals surface area contributed by atoms with E-state index in [2.05, 4.69) is 26.1 Å². The Morgan fingerprint density at radius 3 is 2.42 bits per heavy atom. The van der Waals surface area contributed by atoms with Crippen LogP contribution in [0.3, 0.4) is 0 Å². The molecule has 0 saturated carbocycles. The third-order valence-electron chi connectivity index (χ3n) is 3.57. The van der Waals surface area contributed by atoms with Crippen LogP contribution < -0.4 is 5.32 Å². The predicted molar refractivity (Wildman–Crippen MR) is 96.7 cm³/mol. The zero-order valence-electron chi connectivity index (χ0n) is 14.3. The molecule has 1 aromatic carbocycles. The Hall–Kier alpha value is -2.14. The van der Waals surface area contributed by atoms with E-state index in [1.54, 1.807) is 18.2 Å². The fourth-order valence-corrected chi connectivity index (χ4v) is 2.76. The predicted octanol–water partition coefficient (Wildman–Crippen LogP) is 4.02. The van der Waals surface area contributed by atoms with Crippen LogP contribution in [0, 0.1) is 0 Å². The van der Waals surface area contributed by atoms with Gasteiger partial charge in [-0.05, 0) is 41.0 Å². The maximum atomic E-state index is 12.0. The molecule has 24 heavy (non-hydrogen) atoms. The van der Waals surface area contributed by atoms with Crippen molar-refractivity contribution < 1.29 is 14.3 Å². The van der Waals surface area contributed by atoms with Gasteiger partial charge in [-0.1, -0.05) is 39.0 Å². The Kier molecular flexibility index (Phi) is 6.15. The van der Waals surface area contributed by atoms with Crippen molar-refractivity contribution in [1.29, 1.82) is 0 Å². The summed E-state index contributed by atoms with van der Waals surface area (Å²) in [4.78, 5) is 24.4. The van der Waals surface area contributed by atoms with Gasteiger partial charge < -0.3 is 10.1 Å². The van der Waals surface area contributed by atoms with Gasteiger partial charge >= 0.3 is 5.97 Å². The lowest BCUT2D eigenvalue weighted by molar-refractivity contribution is 0.0501. The molecule has 0 radical (unpaired) electrons. The number of ether oxygens (including phenoxy) is 1. The van der Waals surface area contributed by atoms with Crippen molar-refractivity contribution in [2.45, 2.75) is 32.6 Å². The minimum absolute atomic E-state index is 0.0587. The maximum Gasteiger partial charge on any atom is 0.338 e. The first-order valence-corrected chi connectivity index (χ1v) is 8.85. The van der Waals surface area contributed by atoms with Crippen LogP contribution in [0.1, 0.15) is 52.8 Å². The van der Waals surface area contributed by atoms with Gasteiger partial charge in [0.25, 0.3) is 5.91 Å². The molecule has 0 spiro atoms. The van der Waals surface area contributed by atoms with Gasteiger partial charge in [-0.3, -0.25) is 4.79 Å². The molecule has 5 heteroatoms. The van der Waals surface area contributed by atoms with Crippen molar-refractivity contribution in [3.05, 3.63) is 57.8 Å². The van der Waals surface area contributed by atoms with Crippen molar-refractivity contribution >= 4 is 23.2 Å². The van der Waals surface area contributed by atoms with Crippen LogP contribution in [0.2, 0.25) is 0 Å². The van der Waals surface area contributed by atoms with Crippen LogP contribution in [-0.4, -0.2) is 25.0 Å². The lowest BCUT2D eigenvalue weighted by atomic mass is 9.87. The van der Waals surface area contributed by atoms with E-state index in [1.165, 1.54) is 16.9 Å². The first-order valence-electron chi connectivity index (χ1n) is 7.97. The Labute approximate surface area is 146 Å². The first kappa shape index (κ1) is 18.2. The Balaban J connectivity index is 1.70. The van der Waals surface area contributed by atoms with Crippen LogP contribution in [-0.2, 0) is 10.2 Å². The number of hydrogen-bond donors (Lipinski definition) is 1. The average molecular weight is 345 g/mol. The summed E-state index contributed by atoms with van der Waals surface area (Å²) in [7, 11) is 0. The highest BCUT2D eigenvalue weighted by molar-refractivity contribution is 7.12. The van der Waals surface area contributed by atoms with E-state index in [0.29, 0.717) is 23.4 Å². The summed E-state index contributed by atoms with van der Waals surface area (Å²) in [5.41, 5.74) is 1.78. The minimum atomic E-state index is -0.333. The van der Waals surface area contributed by atoms with E-state index in [4.69, 9.17) is 4.74 Å². The molecule has 1 N–H and O–H groups in total. The van der Waals surface area contributed by atoms with E-state index in [9.17, 15) is 9.59 Å². The van der Waals surface area contributed by atoms with E-state index in [0.717, 1.165) is 0 Å². The molecule has 0 unspecified atom stereocenters. The molecule has 1 heterocycles. The number of thiophene rings is 1. The maximum absolute atomic E-state index is 12.0. The van der Waals surface area contributed by atoms with Crippen LogP contribution in [0.25, 0.3) is 0 Å². The minimum Gasteiger partial charge on any atom is -0.462 e. The largest absolute Gasteiger partial charge is 0.462 e. The fourth-order valence-electron chi connectivity index (χ4n) is 2.12. The Bertz CT molecular complexity index is 670. The summed E-state index contributed by atoms with van der Waals surface area (Å²) >= 11 is 1.40. The molecule has 0 saturated heterocycles. The monoisotopic (exact) mass is 345 g/mol. The van der Waals surface area contributed by atoms with E-state index in [1.807, 2.05) is 23.6 Å². The van der Waals surface area contributed by atoms with Crippen molar-refractivity contribution in [3.63, 3.8) is 0 Å². The molecule has 2 rings (SSSR count). The Morgan fingerprint density at radius 1 is 1.12 bits per heavy atom. The number of carbonyl (C=O) groups excluding carboxylic acids is 2. The van der Waals surface area contributed by atoms with Crippen molar-refractivity contribution in [3.8, 4) is 0 Å². The zero-order valence-corrected chi connectivity index (χ0v) is 15.1. The molecule has 128 valence electrons. The van der Waals surface area contributed by atoms with Gasteiger partial charge in [0.15, 0.2) is 0 Å². The SMILES string of the molecule is CC(C)(C)c1ccc(C(=O)OCCCNC(=O)c2cccs2)cc1. The second-order valence-electron chi connectivity index (χ2n) is 6.55. The Morgan fingerprint density at radius 2 is 1.83 bits per heavy atom. The summed E-state index contributed by atoms with van der Waals surface area (Å²) in [5.74, 6) is -0.422. The van der Waals surface area contributed by atoms with Crippen molar-refractivity contribution in [1.82, 2.24) is 5.32 Å². The summed E-state index contributed by atoms with van der Waals surface area (Å²) < 4.78 is 5.24. The van der Waals surface area contributed by atoms with Gasteiger partial charge in [-0.25, -0.2) is 4.79 Å². The van der Waals surface area contributed by atoms with Gasteiger partial charge in [0.05, 0.1) is 17.0 Å². The lowest BCUT2D eigenvalue weighted by Gasteiger charge is -2.18. The molecule has 0 aliphatic carbocycles. The molecule has 1 aromatic heterocycles. The molecule has 0 aliphatic heterocycles. The third-order valence-corrected chi connectivity index (χ3v) is 4.44. The molecule has 0 aliphatic rings. The van der Waals surface area contributed by atoms with Crippen molar-refractivity contribution in [2.75, 3.05) is 13.2 Å². The standard InChI is InChI=1S/C19H23NO3S/c1-19(2,3)15-9-7-14(8-10-15)18(22)23-12-5-11-20-17(21)16-6-4-13-24-16/h4,6-10,13H,5,11-12H2,1-3H3,(H,20,21). The van der Waals surface area contributed by atoms with Gasteiger partial charge in [0.2, 0.25) is 0 Å². The summed E-state index contributed by atoms with van der Waals surface area (Å²) in [6, 6.07) is 11.1. The highest BCUT2D eigenvalue weighted by atomic mass is 32.1. The highest BCUT2D eigenvalue weighted by Gasteiger charge is 2.14. The van der Waals surface area contributed by atoms with E-state index in [-0.39, 0.29) is 23.9 Å². The zero-order chi connectivity index (χ0) is 17.6. The molecule has 2 aromatic rings. The lowest BCUT2D eigenvalue weighted by Crippen LogP contribution is -2.24. The molecule has 0 bridgehead atoms. The number of rotatable bonds is 6. The molecule has 0 atom stereocenters. The van der Waals surface area contributed by atoms with Crippen LogP contribution in [0.4, 0.5) is 0 Å². The summed E-state index contributed by atoms with van der Waals surface area (Å²) in [5, 5.41) is 4.67. The smallest absolute Gasteiger partial charge is 0.338 e. The molecule has 0 fully saturated rings. The third kappa shape index (κ3) is 5.20. The number of benzene rings is 1. The normalized spacial score (nSPS) is 11.1. The molecule has 1 amide bonds. The molecular weight excluding hydrogens is 322 g/mol. The molecular formula is C19H23NO3S. The highest BCUT2D eigenvalue weighted by Crippen LogP contribution is 2.22. The second-order valence-corrected chi connectivity index (χ2v) is 7.50. The quantitative estimate of drug-likeness (QED) is 0.635. The topological polar surface area (TPSA) is 55.4 Å². The number of esters is 1. The van der Waals surface area contributed by atoms with Gasteiger partial charge in [0.1, 0.15) is 0 Å². The number of hydrogen-bond acceptors (Lipinski definition) is 4. The van der Waals surface area contributed by atoms with Gasteiger partial charge in [0, 0.05) is 6.54 Å². The summed E-state index contributed by atoms with van der Waals surface area (Å²) in [6.07, 6.45) is 0.586. The van der Waals surface area contributed by atoms with Crippen LogP contribution >= 0.6 is 11.3 Å². The first-order chi connectivity index (χ1) is 11.4. The second kappa shape index (κ2) is 8.11. The average Bonchev–Trinajstić information content (AvgIpc) is 3.08. The van der Waals surface area contributed by atoms with Gasteiger partial charge in [-0.2, -0.15) is 0 Å². The summed E-state index contributed by atoms with van der Waals surface area (Å²) in [6.45, 7) is 7.15.